The van der Waals surface area contributed by atoms with Crippen LogP contribution < -0.4 is 4.18 Å². The molecule has 21 heavy (non-hydrogen) atoms. The van der Waals surface area contributed by atoms with Gasteiger partial charge in [-0.25, -0.2) is 9.37 Å². The van der Waals surface area contributed by atoms with E-state index in [0.29, 0.717) is 5.56 Å². The average Bonchev–Trinajstić information content (AvgIpc) is 2.42. The number of hydrogen-bond acceptors (Lipinski definition) is 5. The first kappa shape index (κ1) is 15.2. The van der Waals surface area contributed by atoms with Gasteiger partial charge in [0.25, 0.3) is 5.25 Å². The molecule has 0 bridgehead atoms. The van der Waals surface area contributed by atoms with Gasteiger partial charge in [-0.3, -0.25) is 0 Å². The van der Waals surface area contributed by atoms with E-state index in [4.69, 9.17) is 4.18 Å². The van der Waals surface area contributed by atoms with Crippen LogP contribution in [0.1, 0.15) is 5.56 Å². The van der Waals surface area contributed by atoms with Gasteiger partial charge in [0.1, 0.15) is 12.0 Å². The van der Waals surface area contributed by atoms with Crippen LogP contribution in [0.25, 0.3) is 0 Å². The van der Waals surface area contributed by atoms with Gasteiger partial charge in [-0.05, 0) is 18.6 Å². The summed E-state index contributed by atoms with van der Waals surface area (Å²) in [4.78, 5) is 24.3. The predicted octanol–water partition coefficient (Wildman–Crippen LogP) is 0.377. The molecule has 1 aliphatic rings. The number of hydrogen-bond donors (Lipinski definition) is 0. The number of para-hydroxylation sites is 1. The molecule has 0 fully saturated rings. The van der Waals surface area contributed by atoms with Crippen LogP contribution in [0.5, 0.6) is 5.75 Å². The zero-order valence-electron chi connectivity index (χ0n) is 11.8. The second kappa shape index (κ2) is 5.28. The summed E-state index contributed by atoms with van der Waals surface area (Å²) in [6.07, 6.45) is 1.04. The smallest absolute Gasteiger partial charge is 0.381 e. The van der Waals surface area contributed by atoms with Gasteiger partial charge in [0.05, 0.1) is 14.1 Å². The van der Waals surface area contributed by atoms with Crippen molar-refractivity contribution in [3.05, 3.63) is 29.8 Å². The fourth-order valence-corrected chi connectivity index (χ4v) is 3.15. The van der Waals surface area contributed by atoms with Crippen LogP contribution in [0.2, 0.25) is 0 Å². The summed E-state index contributed by atoms with van der Waals surface area (Å²) in [5, 5.41) is -1.55. The molecule has 0 saturated carbocycles. The summed E-state index contributed by atoms with van der Waals surface area (Å²) in [7, 11) is -1.63. The van der Waals surface area contributed by atoms with Gasteiger partial charge in [-0.15, -0.1) is 0 Å². The highest BCUT2D eigenvalue weighted by Gasteiger charge is 2.47. The number of imide groups is 1. The van der Waals surface area contributed by atoms with Crippen molar-refractivity contribution < 1.29 is 26.8 Å². The van der Waals surface area contributed by atoms with E-state index in [0.717, 1.165) is 15.7 Å². The molecule has 1 unspecified atom stereocenters. The van der Waals surface area contributed by atoms with Crippen molar-refractivity contribution in [1.82, 2.24) is 4.90 Å². The molecule has 0 radical (unpaired) electrons. The maximum absolute atomic E-state index is 12.3. The number of carbonyl (C=O) groups is 2. The van der Waals surface area contributed by atoms with E-state index >= 15 is 0 Å². The van der Waals surface area contributed by atoms with E-state index in [1.807, 2.05) is 0 Å². The summed E-state index contributed by atoms with van der Waals surface area (Å²) in [6, 6.07) is 5.97. The van der Waals surface area contributed by atoms with Gasteiger partial charge in [0, 0.05) is 0 Å². The van der Waals surface area contributed by atoms with Crippen molar-refractivity contribution in [3.8, 4) is 5.75 Å². The molecule has 0 saturated heterocycles. The molecular formula is C13H15N2O5S+. The Morgan fingerprint density at radius 1 is 1.24 bits per heavy atom. The van der Waals surface area contributed by atoms with E-state index < -0.39 is 27.3 Å². The van der Waals surface area contributed by atoms with Gasteiger partial charge in [-0.1, -0.05) is 18.2 Å². The quantitative estimate of drug-likeness (QED) is 0.595. The Bertz CT molecular complexity index is 739. The van der Waals surface area contributed by atoms with Crippen molar-refractivity contribution in [1.29, 1.82) is 0 Å². The Morgan fingerprint density at radius 2 is 1.86 bits per heavy atom. The Balaban J connectivity index is 2.38. The lowest BCUT2D eigenvalue weighted by molar-refractivity contribution is -0.399. The largest absolute Gasteiger partial charge is 0.500 e. The standard InChI is InChI=1S/C13H15N2O5S/c1-9-6-4-5-7-10(9)20-21(18,19)11-8-14(2)13(17)15(3)12(11)16/h4-8,11H,1-3H3/q+1. The molecule has 1 heterocycles. The highest BCUT2D eigenvalue weighted by atomic mass is 32.2. The molecule has 7 nitrogen and oxygen atoms in total. The zero-order chi connectivity index (χ0) is 15.8. The van der Waals surface area contributed by atoms with E-state index in [9.17, 15) is 18.0 Å². The summed E-state index contributed by atoms with van der Waals surface area (Å²) in [6.45, 7) is 1.69. The topological polar surface area (TPSA) is 83.8 Å². The van der Waals surface area contributed by atoms with E-state index in [1.165, 1.54) is 20.2 Å². The lowest BCUT2D eigenvalue weighted by Gasteiger charge is -2.19. The monoisotopic (exact) mass is 311 g/mol. The molecule has 2 rings (SSSR count). The van der Waals surface area contributed by atoms with Crippen LogP contribution in [0.15, 0.2) is 24.3 Å². The number of rotatable bonds is 3. The minimum atomic E-state index is -4.24. The molecule has 1 atom stereocenters. The van der Waals surface area contributed by atoms with Gasteiger partial charge in [0.15, 0.2) is 0 Å². The lowest BCUT2D eigenvalue weighted by atomic mass is 10.2. The molecule has 0 aromatic heterocycles. The lowest BCUT2D eigenvalue weighted by Crippen LogP contribution is -2.54. The van der Waals surface area contributed by atoms with Crippen LogP contribution in [0.3, 0.4) is 0 Å². The first-order valence-corrected chi connectivity index (χ1v) is 7.59. The van der Waals surface area contributed by atoms with Gasteiger partial charge < -0.3 is 4.18 Å². The van der Waals surface area contributed by atoms with Crippen LogP contribution in [0, 0.1) is 6.92 Å². The molecule has 1 aliphatic heterocycles. The summed E-state index contributed by atoms with van der Waals surface area (Å²) < 4.78 is 30.6. The maximum Gasteiger partial charge on any atom is 0.500 e. The minimum Gasteiger partial charge on any atom is -0.381 e. The second-order valence-corrected chi connectivity index (χ2v) is 6.36. The van der Waals surface area contributed by atoms with Crippen LogP contribution in [-0.4, -0.2) is 55.4 Å². The number of benzene rings is 1. The summed E-state index contributed by atoms with van der Waals surface area (Å²) in [5.41, 5.74) is 0.627. The first-order chi connectivity index (χ1) is 9.74. The second-order valence-electron chi connectivity index (χ2n) is 4.70. The first-order valence-electron chi connectivity index (χ1n) is 6.12. The Kier molecular flexibility index (Phi) is 3.82. The fourth-order valence-electron chi connectivity index (χ4n) is 1.88. The maximum atomic E-state index is 12.3. The molecular weight excluding hydrogens is 296 g/mol. The number of amides is 3. The van der Waals surface area contributed by atoms with Crippen molar-refractivity contribution in [2.24, 2.45) is 0 Å². The van der Waals surface area contributed by atoms with Gasteiger partial charge >= 0.3 is 22.1 Å². The average molecular weight is 311 g/mol. The van der Waals surface area contributed by atoms with E-state index in [1.54, 1.807) is 25.1 Å². The number of aryl methyl sites for hydroxylation is 1. The summed E-state index contributed by atoms with van der Waals surface area (Å²) >= 11 is 0. The molecule has 3 amide bonds. The normalized spacial score (nSPS) is 19.5. The Hall–Kier alpha value is -2.22. The molecule has 8 heteroatoms. The van der Waals surface area contributed by atoms with Crippen molar-refractivity contribution in [3.63, 3.8) is 0 Å². The molecule has 0 N–H and O–H groups in total. The molecule has 0 spiro atoms. The predicted molar refractivity (Wildman–Crippen MR) is 74.9 cm³/mol. The van der Waals surface area contributed by atoms with Crippen molar-refractivity contribution in [2.45, 2.75) is 12.2 Å². The highest BCUT2D eigenvalue weighted by Crippen LogP contribution is 2.21. The highest BCUT2D eigenvalue weighted by molar-refractivity contribution is 7.89. The van der Waals surface area contributed by atoms with Crippen LogP contribution in [0.4, 0.5) is 4.79 Å². The Morgan fingerprint density at radius 3 is 2.48 bits per heavy atom. The third-order valence-corrected chi connectivity index (χ3v) is 4.49. The third kappa shape index (κ3) is 2.80. The zero-order valence-corrected chi connectivity index (χ0v) is 12.6. The molecule has 1 aromatic rings. The SMILES string of the molecule is Cc1ccccc1OS(=O)(=O)C1C=[N+](C)C(=O)N(C)C1=O. The number of carbonyl (C=O) groups excluding carboxylic acids is 2. The van der Waals surface area contributed by atoms with Crippen molar-refractivity contribution in [2.75, 3.05) is 14.1 Å². The molecule has 112 valence electrons. The van der Waals surface area contributed by atoms with Crippen molar-refractivity contribution >= 4 is 28.3 Å². The van der Waals surface area contributed by atoms with Crippen LogP contribution in [-0.2, 0) is 14.9 Å². The number of nitrogens with zero attached hydrogens (tertiary/aromatic N) is 2. The number of urea groups is 1. The molecule has 1 aromatic carbocycles. The van der Waals surface area contributed by atoms with Gasteiger partial charge in [-0.2, -0.15) is 18.1 Å². The minimum absolute atomic E-state index is 0.154. The Labute approximate surface area is 122 Å². The van der Waals surface area contributed by atoms with Gasteiger partial charge in [0.2, 0.25) is 0 Å². The fraction of sp³-hybridized carbons (Fsp3) is 0.308. The van der Waals surface area contributed by atoms with Crippen LogP contribution >= 0.6 is 0 Å². The molecule has 0 aliphatic carbocycles. The van der Waals surface area contributed by atoms with E-state index in [2.05, 4.69) is 0 Å². The third-order valence-electron chi connectivity index (χ3n) is 3.13. The van der Waals surface area contributed by atoms with E-state index in [-0.39, 0.29) is 5.75 Å². The summed E-state index contributed by atoms with van der Waals surface area (Å²) in [5.74, 6) is -0.687.